The molecule has 0 aliphatic carbocycles. The maximum absolute atomic E-state index is 13.7. The molecule has 0 bridgehead atoms. The molecule has 0 spiro atoms. The summed E-state index contributed by atoms with van der Waals surface area (Å²) in [6.45, 7) is 5.39. The fourth-order valence-corrected chi connectivity index (χ4v) is 5.77. The smallest absolute Gasteiger partial charge is 0.225 e. The van der Waals surface area contributed by atoms with E-state index < -0.39 is 0 Å². The molecule has 0 N–H and O–H groups in total. The summed E-state index contributed by atoms with van der Waals surface area (Å²) in [5.74, 6) is 0.792. The predicted octanol–water partition coefficient (Wildman–Crippen LogP) is 5.58. The monoisotopic (exact) mass is 549 g/mol. The Bertz CT molecular complexity index is 1300. The summed E-state index contributed by atoms with van der Waals surface area (Å²) in [5, 5.41) is 10.2. The van der Waals surface area contributed by atoms with Crippen molar-refractivity contribution in [2.45, 2.75) is 25.7 Å². The zero-order valence-electron chi connectivity index (χ0n) is 21.2. The minimum atomic E-state index is -0.306. The number of nitrogens with zero attached hydrogens (tertiary/aromatic N) is 5. The maximum atomic E-state index is 13.7. The minimum absolute atomic E-state index is 0.0235. The van der Waals surface area contributed by atoms with Crippen LogP contribution in [0.5, 0.6) is 5.88 Å². The van der Waals surface area contributed by atoms with E-state index in [0.29, 0.717) is 41.3 Å². The Labute approximate surface area is 233 Å². The number of piperidine rings is 1. The van der Waals surface area contributed by atoms with Gasteiger partial charge in [0.2, 0.25) is 11.8 Å². The standard InChI is InChI=1S/C29H29Cl2N5O2/c1-29(19-38-27-9-6-23(31)15-34-27)18-36(17-26(29)20-2-4-22(30)5-3-20)28(37)21-10-12-35(13-11-21)25-8-7-24(14-32)33-16-25/h2-9,15-16,21,26H,10-13,17-19H2,1H3. The number of rotatable bonds is 6. The first-order valence-corrected chi connectivity index (χ1v) is 13.5. The summed E-state index contributed by atoms with van der Waals surface area (Å²) in [5.41, 5.74) is 2.23. The summed E-state index contributed by atoms with van der Waals surface area (Å²) < 4.78 is 6.11. The van der Waals surface area contributed by atoms with E-state index in [1.165, 1.54) is 0 Å². The van der Waals surface area contributed by atoms with Crippen molar-refractivity contribution < 1.29 is 9.53 Å². The Balaban J connectivity index is 1.27. The van der Waals surface area contributed by atoms with E-state index in [4.69, 9.17) is 33.2 Å². The van der Waals surface area contributed by atoms with Crippen LogP contribution in [-0.2, 0) is 4.79 Å². The van der Waals surface area contributed by atoms with Gasteiger partial charge in [0.15, 0.2) is 0 Å². The van der Waals surface area contributed by atoms with Crippen molar-refractivity contribution in [1.29, 1.82) is 5.26 Å². The highest BCUT2D eigenvalue weighted by molar-refractivity contribution is 6.30. The average Bonchev–Trinajstić information content (AvgIpc) is 3.30. The highest BCUT2D eigenvalue weighted by Crippen LogP contribution is 2.44. The molecular formula is C29H29Cl2N5O2. The number of pyridine rings is 2. The van der Waals surface area contributed by atoms with Crippen LogP contribution >= 0.6 is 23.2 Å². The molecule has 9 heteroatoms. The van der Waals surface area contributed by atoms with Gasteiger partial charge in [0.25, 0.3) is 0 Å². The highest BCUT2D eigenvalue weighted by Gasteiger charge is 2.47. The molecule has 38 heavy (non-hydrogen) atoms. The molecule has 2 atom stereocenters. The quantitative estimate of drug-likeness (QED) is 0.399. The number of hydrogen-bond donors (Lipinski definition) is 0. The molecule has 2 aliphatic heterocycles. The topological polar surface area (TPSA) is 82.4 Å². The molecular weight excluding hydrogens is 521 g/mol. The van der Waals surface area contributed by atoms with E-state index in [2.05, 4.69) is 27.9 Å². The number of likely N-dealkylation sites (tertiary alicyclic amines) is 1. The second-order valence-electron chi connectivity index (χ2n) is 10.4. The Morgan fingerprint density at radius 2 is 1.79 bits per heavy atom. The largest absolute Gasteiger partial charge is 0.477 e. The number of amides is 1. The third-order valence-corrected chi connectivity index (χ3v) is 8.18. The lowest BCUT2D eigenvalue weighted by Gasteiger charge is -2.34. The Morgan fingerprint density at radius 1 is 1.05 bits per heavy atom. The zero-order valence-corrected chi connectivity index (χ0v) is 22.7. The van der Waals surface area contributed by atoms with Gasteiger partial charge in [-0.15, -0.1) is 0 Å². The number of hydrogen-bond acceptors (Lipinski definition) is 6. The number of halogens is 2. The lowest BCUT2D eigenvalue weighted by molar-refractivity contribution is -0.135. The number of carbonyl (C=O) groups is 1. The molecule has 0 saturated carbocycles. The van der Waals surface area contributed by atoms with E-state index in [0.717, 1.165) is 37.2 Å². The van der Waals surface area contributed by atoms with Crippen molar-refractivity contribution in [3.05, 3.63) is 82.2 Å². The van der Waals surface area contributed by atoms with Crippen LogP contribution in [0.15, 0.2) is 60.9 Å². The fraction of sp³-hybridized carbons (Fsp3) is 0.379. The van der Waals surface area contributed by atoms with Crippen LogP contribution in [0.3, 0.4) is 0 Å². The molecule has 2 saturated heterocycles. The molecule has 1 amide bonds. The SMILES string of the molecule is CC1(COc2ccc(Cl)cn2)CN(C(=O)C2CCN(c3ccc(C#N)nc3)CC2)CC1c1ccc(Cl)cc1. The zero-order chi connectivity index (χ0) is 26.7. The first-order chi connectivity index (χ1) is 18.3. The van der Waals surface area contributed by atoms with Gasteiger partial charge in [-0.25, -0.2) is 9.97 Å². The lowest BCUT2D eigenvalue weighted by Crippen LogP contribution is -2.42. The summed E-state index contributed by atoms with van der Waals surface area (Å²) >= 11 is 12.1. The Morgan fingerprint density at radius 3 is 2.42 bits per heavy atom. The van der Waals surface area contributed by atoms with Gasteiger partial charge in [-0.3, -0.25) is 4.79 Å². The van der Waals surface area contributed by atoms with Gasteiger partial charge in [0, 0.05) is 60.7 Å². The molecule has 7 nitrogen and oxygen atoms in total. The second-order valence-corrected chi connectivity index (χ2v) is 11.2. The van der Waals surface area contributed by atoms with E-state index in [1.807, 2.05) is 35.2 Å². The van der Waals surface area contributed by atoms with Crippen LogP contribution < -0.4 is 9.64 Å². The van der Waals surface area contributed by atoms with Gasteiger partial charge >= 0.3 is 0 Å². The summed E-state index contributed by atoms with van der Waals surface area (Å²) in [6.07, 6.45) is 4.87. The third kappa shape index (κ3) is 5.72. The van der Waals surface area contributed by atoms with Crippen LogP contribution in [0.1, 0.15) is 36.9 Å². The van der Waals surface area contributed by atoms with Gasteiger partial charge in [0.05, 0.1) is 23.5 Å². The normalized spacial score (nSPS) is 21.8. The summed E-state index contributed by atoms with van der Waals surface area (Å²) in [7, 11) is 0. The molecule has 2 fully saturated rings. The summed E-state index contributed by atoms with van der Waals surface area (Å²) in [6, 6.07) is 17.1. The molecule has 2 unspecified atom stereocenters. The molecule has 3 aromatic rings. The van der Waals surface area contributed by atoms with Gasteiger partial charge < -0.3 is 14.5 Å². The molecule has 0 radical (unpaired) electrons. The van der Waals surface area contributed by atoms with Crippen LogP contribution in [0.4, 0.5) is 5.69 Å². The van der Waals surface area contributed by atoms with Crippen LogP contribution in [0.2, 0.25) is 10.0 Å². The number of carbonyl (C=O) groups excluding carboxylic acids is 1. The number of anilines is 1. The van der Waals surface area contributed by atoms with E-state index in [9.17, 15) is 4.79 Å². The maximum Gasteiger partial charge on any atom is 0.225 e. The molecule has 2 aromatic heterocycles. The fourth-order valence-electron chi connectivity index (χ4n) is 5.54. The summed E-state index contributed by atoms with van der Waals surface area (Å²) in [4.78, 5) is 26.4. The van der Waals surface area contributed by atoms with E-state index >= 15 is 0 Å². The molecule has 196 valence electrons. The van der Waals surface area contributed by atoms with Crippen LogP contribution in [0.25, 0.3) is 0 Å². The first-order valence-electron chi connectivity index (χ1n) is 12.7. The van der Waals surface area contributed by atoms with Crippen molar-refractivity contribution >= 4 is 34.8 Å². The number of aromatic nitrogens is 2. The molecule has 2 aliphatic rings. The third-order valence-electron chi connectivity index (χ3n) is 7.70. The molecule has 1 aromatic carbocycles. The predicted molar refractivity (Wildman–Crippen MR) is 148 cm³/mol. The van der Waals surface area contributed by atoms with Gasteiger partial charge in [-0.05, 0) is 48.7 Å². The lowest BCUT2D eigenvalue weighted by atomic mass is 9.77. The van der Waals surface area contributed by atoms with Gasteiger partial charge in [0.1, 0.15) is 11.8 Å². The second kappa shape index (κ2) is 11.2. The van der Waals surface area contributed by atoms with Crippen LogP contribution in [0, 0.1) is 22.7 Å². The number of nitriles is 1. The minimum Gasteiger partial charge on any atom is -0.477 e. The van der Waals surface area contributed by atoms with Gasteiger partial charge in [-0.1, -0.05) is 42.3 Å². The Hall–Kier alpha value is -3.34. The first kappa shape index (κ1) is 26.3. The number of ether oxygens (including phenoxy) is 1. The van der Waals surface area contributed by atoms with E-state index in [-0.39, 0.29) is 23.2 Å². The van der Waals surface area contributed by atoms with Crippen LogP contribution in [-0.4, -0.2) is 53.6 Å². The van der Waals surface area contributed by atoms with Crippen molar-refractivity contribution in [3.8, 4) is 11.9 Å². The molecule has 5 rings (SSSR count). The van der Waals surface area contributed by atoms with Crippen molar-refractivity contribution in [2.24, 2.45) is 11.3 Å². The average molecular weight is 550 g/mol. The van der Waals surface area contributed by atoms with Crippen molar-refractivity contribution in [1.82, 2.24) is 14.9 Å². The molecule has 4 heterocycles. The Kier molecular flexibility index (Phi) is 7.73. The van der Waals surface area contributed by atoms with Gasteiger partial charge in [-0.2, -0.15) is 5.26 Å². The highest BCUT2D eigenvalue weighted by atomic mass is 35.5. The number of benzene rings is 1. The van der Waals surface area contributed by atoms with Crippen molar-refractivity contribution in [3.63, 3.8) is 0 Å². The van der Waals surface area contributed by atoms with E-state index in [1.54, 1.807) is 30.6 Å². The van der Waals surface area contributed by atoms with Crippen molar-refractivity contribution in [2.75, 3.05) is 37.7 Å².